The van der Waals surface area contributed by atoms with E-state index >= 15 is 0 Å². The monoisotopic (exact) mass is 179 g/mol. The number of aromatic nitrogens is 2. The summed E-state index contributed by atoms with van der Waals surface area (Å²) in [6.07, 6.45) is 9.83. The Morgan fingerprint density at radius 2 is 2.46 bits per heavy atom. The molecule has 0 bridgehead atoms. The van der Waals surface area contributed by atoms with Gasteiger partial charge in [0, 0.05) is 31.0 Å². The fourth-order valence-corrected chi connectivity index (χ4v) is 1.74. The quantitative estimate of drug-likeness (QED) is 0.757. The number of rotatable bonds is 4. The van der Waals surface area contributed by atoms with Crippen LogP contribution in [0.4, 0.5) is 0 Å². The van der Waals surface area contributed by atoms with Gasteiger partial charge in [0.2, 0.25) is 0 Å². The molecule has 0 spiro atoms. The number of nitrogens with one attached hydrogen (secondary N) is 1. The largest absolute Gasteiger partial charge is 0.336 e. The lowest BCUT2D eigenvalue weighted by molar-refractivity contribution is 0.298. The van der Waals surface area contributed by atoms with E-state index < -0.39 is 0 Å². The number of imidazole rings is 1. The highest BCUT2D eigenvalue weighted by atomic mass is 15.1. The van der Waals surface area contributed by atoms with E-state index in [0.29, 0.717) is 6.04 Å². The van der Waals surface area contributed by atoms with Crippen LogP contribution in [0.1, 0.15) is 26.2 Å². The van der Waals surface area contributed by atoms with Crippen LogP contribution in [-0.2, 0) is 6.54 Å². The summed E-state index contributed by atoms with van der Waals surface area (Å²) in [5, 5.41) is 3.61. The average molecular weight is 179 g/mol. The summed E-state index contributed by atoms with van der Waals surface area (Å²) in [7, 11) is 0. The van der Waals surface area contributed by atoms with Crippen LogP contribution < -0.4 is 5.32 Å². The van der Waals surface area contributed by atoms with Gasteiger partial charge in [-0.05, 0) is 19.8 Å². The number of hydrogen-bond donors (Lipinski definition) is 1. The Hall–Kier alpha value is -0.830. The highest BCUT2D eigenvalue weighted by molar-refractivity contribution is 4.81. The molecule has 0 saturated heterocycles. The lowest BCUT2D eigenvalue weighted by Crippen LogP contribution is -2.42. The fourth-order valence-electron chi connectivity index (χ4n) is 1.74. The van der Waals surface area contributed by atoms with Crippen molar-refractivity contribution in [3.8, 4) is 0 Å². The van der Waals surface area contributed by atoms with Crippen molar-refractivity contribution in [2.75, 3.05) is 0 Å². The first kappa shape index (κ1) is 8.75. The summed E-state index contributed by atoms with van der Waals surface area (Å²) >= 11 is 0. The van der Waals surface area contributed by atoms with E-state index in [1.165, 1.54) is 19.3 Å². The predicted molar refractivity (Wildman–Crippen MR) is 52.5 cm³/mol. The van der Waals surface area contributed by atoms with Gasteiger partial charge < -0.3 is 9.88 Å². The molecular formula is C10H17N3. The molecule has 1 aromatic rings. The van der Waals surface area contributed by atoms with Gasteiger partial charge in [0.25, 0.3) is 0 Å². The Balaban J connectivity index is 1.74. The van der Waals surface area contributed by atoms with Crippen LogP contribution in [0.5, 0.6) is 0 Å². The lowest BCUT2D eigenvalue weighted by atomic mass is 9.92. The van der Waals surface area contributed by atoms with E-state index in [2.05, 4.69) is 21.8 Å². The van der Waals surface area contributed by atoms with Gasteiger partial charge in [0.15, 0.2) is 0 Å². The van der Waals surface area contributed by atoms with Crippen LogP contribution in [0.15, 0.2) is 18.7 Å². The van der Waals surface area contributed by atoms with Crippen LogP contribution in [0, 0.1) is 0 Å². The minimum absolute atomic E-state index is 0.555. The van der Waals surface area contributed by atoms with Crippen LogP contribution in [0.3, 0.4) is 0 Å². The third-order valence-corrected chi connectivity index (χ3v) is 2.67. The van der Waals surface area contributed by atoms with E-state index in [1.807, 2.05) is 18.7 Å². The maximum absolute atomic E-state index is 4.02. The molecule has 3 nitrogen and oxygen atoms in total. The van der Waals surface area contributed by atoms with Crippen molar-refractivity contribution >= 4 is 0 Å². The van der Waals surface area contributed by atoms with Gasteiger partial charge in [0.1, 0.15) is 0 Å². The molecule has 1 aliphatic rings. The highest BCUT2D eigenvalue weighted by Crippen LogP contribution is 2.18. The summed E-state index contributed by atoms with van der Waals surface area (Å²) in [5.41, 5.74) is 0. The summed E-state index contributed by atoms with van der Waals surface area (Å²) in [6, 6.07) is 1.33. The molecule has 0 amide bonds. The molecule has 72 valence electrons. The summed E-state index contributed by atoms with van der Waals surface area (Å²) < 4.78 is 2.12. The first-order valence-corrected chi connectivity index (χ1v) is 5.06. The van der Waals surface area contributed by atoms with Crippen molar-refractivity contribution < 1.29 is 0 Å². The SMILES string of the molecule is CC(Cn1ccnc1)NC1CCC1. The second-order valence-corrected chi connectivity index (χ2v) is 3.96. The summed E-state index contributed by atoms with van der Waals surface area (Å²) in [6.45, 7) is 3.26. The maximum atomic E-state index is 4.02. The van der Waals surface area contributed by atoms with Gasteiger partial charge in [-0.25, -0.2) is 4.98 Å². The molecule has 13 heavy (non-hydrogen) atoms. The Labute approximate surface area is 79.2 Å². The van der Waals surface area contributed by atoms with E-state index in [4.69, 9.17) is 0 Å². The van der Waals surface area contributed by atoms with Gasteiger partial charge in [0.05, 0.1) is 6.33 Å². The van der Waals surface area contributed by atoms with Crippen molar-refractivity contribution in [1.82, 2.24) is 14.9 Å². The van der Waals surface area contributed by atoms with E-state index in [9.17, 15) is 0 Å². The van der Waals surface area contributed by atoms with Gasteiger partial charge in [-0.2, -0.15) is 0 Å². The highest BCUT2D eigenvalue weighted by Gasteiger charge is 2.18. The number of hydrogen-bond acceptors (Lipinski definition) is 2. The van der Waals surface area contributed by atoms with Crippen LogP contribution in [0.2, 0.25) is 0 Å². The summed E-state index contributed by atoms with van der Waals surface area (Å²) in [5.74, 6) is 0. The van der Waals surface area contributed by atoms with Crippen molar-refractivity contribution in [2.24, 2.45) is 0 Å². The topological polar surface area (TPSA) is 29.9 Å². The molecule has 1 saturated carbocycles. The van der Waals surface area contributed by atoms with Gasteiger partial charge >= 0.3 is 0 Å². The minimum Gasteiger partial charge on any atom is -0.336 e. The van der Waals surface area contributed by atoms with Crippen molar-refractivity contribution in [3.05, 3.63) is 18.7 Å². The van der Waals surface area contributed by atoms with Gasteiger partial charge in [-0.1, -0.05) is 6.42 Å². The fraction of sp³-hybridized carbons (Fsp3) is 0.700. The Kier molecular flexibility index (Phi) is 2.64. The number of nitrogens with zero attached hydrogens (tertiary/aromatic N) is 2. The second-order valence-electron chi connectivity index (χ2n) is 3.96. The lowest BCUT2D eigenvalue weighted by Gasteiger charge is -2.30. The molecule has 1 N–H and O–H groups in total. The van der Waals surface area contributed by atoms with E-state index in [0.717, 1.165) is 12.6 Å². The molecule has 2 rings (SSSR count). The zero-order valence-electron chi connectivity index (χ0n) is 8.11. The van der Waals surface area contributed by atoms with Gasteiger partial charge in [-0.15, -0.1) is 0 Å². The Morgan fingerprint density at radius 3 is 3.00 bits per heavy atom. The molecule has 1 aliphatic carbocycles. The van der Waals surface area contributed by atoms with Crippen molar-refractivity contribution in [3.63, 3.8) is 0 Å². The second kappa shape index (κ2) is 3.92. The molecule has 0 radical (unpaired) electrons. The van der Waals surface area contributed by atoms with Crippen LogP contribution in [0.25, 0.3) is 0 Å². The van der Waals surface area contributed by atoms with Gasteiger partial charge in [-0.3, -0.25) is 0 Å². The third kappa shape index (κ3) is 2.31. The molecule has 1 heterocycles. The minimum atomic E-state index is 0.555. The first-order valence-electron chi connectivity index (χ1n) is 5.06. The summed E-state index contributed by atoms with van der Waals surface area (Å²) in [4.78, 5) is 4.02. The normalized spacial score (nSPS) is 19.8. The molecule has 1 aromatic heterocycles. The van der Waals surface area contributed by atoms with Crippen LogP contribution in [-0.4, -0.2) is 21.6 Å². The molecule has 1 fully saturated rings. The average Bonchev–Trinajstić information content (AvgIpc) is 2.49. The van der Waals surface area contributed by atoms with Crippen molar-refractivity contribution in [1.29, 1.82) is 0 Å². The van der Waals surface area contributed by atoms with Crippen molar-refractivity contribution in [2.45, 2.75) is 44.8 Å². The Morgan fingerprint density at radius 1 is 1.62 bits per heavy atom. The molecule has 1 unspecified atom stereocenters. The molecule has 0 aromatic carbocycles. The van der Waals surface area contributed by atoms with E-state index in [-0.39, 0.29) is 0 Å². The zero-order chi connectivity index (χ0) is 9.10. The first-order chi connectivity index (χ1) is 6.34. The predicted octanol–water partition coefficient (Wildman–Crippen LogP) is 1.41. The molecule has 1 atom stereocenters. The molecule has 3 heteroatoms. The van der Waals surface area contributed by atoms with Crippen LogP contribution >= 0.6 is 0 Å². The smallest absolute Gasteiger partial charge is 0.0946 e. The maximum Gasteiger partial charge on any atom is 0.0946 e. The third-order valence-electron chi connectivity index (χ3n) is 2.67. The molecular weight excluding hydrogens is 162 g/mol. The Bertz CT molecular complexity index is 239. The zero-order valence-corrected chi connectivity index (χ0v) is 8.11. The standard InChI is InChI=1S/C10H17N3/c1-9(12-10-3-2-4-10)7-13-6-5-11-8-13/h5-6,8-10,12H,2-4,7H2,1H3. The van der Waals surface area contributed by atoms with E-state index in [1.54, 1.807) is 0 Å². The molecule has 0 aliphatic heterocycles.